The summed E-state index contributed by atoms with van der Waals surface area (Å²) in [4.78, 5) is 7.72. The van der Waals surface area contributed by atoms with Gasteiger partial charge in [-0.05, 0) is 12.1 Å². The molecule has 0 bridgehead atoms. The predicted molar refractivity (Wildman–Crippen MR) is 65.0 cm³/mol. The molecule has 0 saturated heterocycles. The van der Waals surface area contributed by atoms with E-state index < -0.39 is 11.6 Å². The lowest BCUT2D eigenvalue weighted by molar-refractivity contribution is 0.579. The molecule has 4 nitrogen and oxygen atoms in total. The SMILES string of the molecule is Nc1nc(NCCc2ccccn2)c(F)cc1F. The highest BCUT2D eigenvalue weighted by Crippen LogP contribution is 2.16. The van der Waals surface area contributed by atoms with Crippen molar-refractivity contribution in [2.24, 2.45) is 0 Å². The van der Waals surface area contributed by atoms with E-state index in [0.29, 0.717) is 19.0 Å². The minimum atomic E-state index is -0.859. The van der Waals surface area contributed by atoms with Crippen LogP contribution in [0.2, 0.25) is 0 Å². The van der Waals surface area contributed by atoms with Crippen LogP contribution < -0.4 is 11.1 Å². The molecule has 0 aromatic carbocycles. The van der Waals surface area contributed by atoms with E-state index in [1.165, 1.54) is 0 Å². The third-order valence-corrected chi connectivity index (χ3v) is 2.36. The fraction of sp³-hybridized carbons (Fsp3) is 0.167. The van der Waals surface area contributed by atoms with Crippen LogP contribution in [0.15, 0.2) is 30.5 Å². The van der Waals surface area contributed by atoms with Gasteiger partial charge >= 0.3 is 0 Å². The van der Waals surface area contributed by atoms with Gasteiger partial charge in [-0.15, -0.1) is 0 Å². The van der Waals surface area contributed by atoms with E-state index in [2.05, 4.69) is 15.3 Å². The number of rotatable bonds is 4. The Morgan fingerprint density at radius 1 is 1.22 bits per heavy atom. The first-order valence-electron chi connectivity index (χ1n) is 5.42. The zero-order valence-corrected chi connectivity index (χ0v) is 9.53. The fourth-order valence-electron chi connectivity index (χ4n) is 1.46. The van der Waals surface area contributed by atoms with Gasteiger partial charge in [0.1, 0.15) is 0 Å². The van der Waals surface area contributed by atoms with E-state index >= 15 is 0 Å². The number of halogens is 2. The Balaban J connectivity index is 1.97. The number of anilines is 2. The van der Waals surface area contributed by atoms with E-state index in [9.17, 15) is 8.78 Å². The molecule has 0 amide bonds. The first-order chi connectivity index (χ1) is 8.66. The number of nitrogens with zero attached hydrogens (tertiary/aromatic N) is 2. The molecule has 0 aliphatic rings. The van der Waals surface area contributed by atoms with Crippen LogP contribution in [0.3, 0.4) is 0 Å². The highest BCUT2D eigenvalue weighted by atomic mass is 19.1. The van der Waals surface area contributed by atoms with Crippen molar-refractivity contribution in [3.05, 3.63) is 47.8 Å². The first kappa shape index (κ1) is 12.2. The number of hydrogen-bond donors (Lipinski definition) is 2. The second kappa shape index (κ2) is 5.39. The summed E-state index contributed by atoms with van der Waals surface area (Å²) >= 11 is 0. The molecular weight excluding hydrogens is 238 g/mol. The lowest BCUT2D eigenvalue weighted by Crippen LogP contribution is -2.10. The van der Waals surface area contributed by atoms with Gasteiger partial charge in [0, 0.05) is 30.9 Å². The number of aromatic nitrogens is 2. The molecule has 2 rings (SSSR count). The highest BCUT2D eigenvalue weighted by molar-refractivity contribution is 5.44. The van der Waals surface area contributed by atoms with Gasteiger partial charge in [0.25, 0.3) is 0 Å². The smallest absolute Gasteiger partial charge is 0.168 e. The molecule has 0 atom stereocenters. The largest absolute Gasteiger partial charge is 0.381 e. The first-order valence-corrected chi connectivity index (χ1v) is 5.42. The van der Waals surface area contributed by atoms with E-state index in [1.54, 1.807) is 6.20 Å². The number of nitrogen functional groups attached to an aromatic ring is 1. The Morgan fingerprint density at radius 3 is 2.78 bits per heavy atom. The van der Waals surface area contributed by atoms with Crippen molar-refractivity contribution in [1.29, 1.82) is 0 Å². The van der Waals surface area contributed by atoms with Crippen molar-refractivity contribution in [3.63, 3.8) is 0 Å². The van der Waals surface area contributed by atoms with Gasteiger partial charge in [0.15, 0.2) is 23.3 Å². The lowest BCUT2D eigenvalue weighted by Gasteiger charge is -2.07. The van der Waals surface area contributed by atoms with Gasteiger partial charge < -0.3 is 11.1 Å². The molecule has 0 spiro atoms. The molecule has 0 unspecified atom stereocenters. The minimum absolute atomic E-state index is 0.0511. The average Bonchev–Trinajstić information content (AvgIpc) is 2.37. The van der Waals surface area contributed by atoms with Crippen molar-refractivity contribution in [2.75, 3.05) is 17.6 Å². The van der Waals surface area contributed by atoms with Crippen LogP contribution in [0.1, 0.15) is 5.69 Å². The summed E-state index contributed by atoms with van der Waals surface area (Å²) in [6.45, 7) is 0.437. The minimum Gasteiger partial charge on any atom is -0.381 e. The van der Waals surface area contributed by atoms with Gasteiger partial charge in [0.2, 0.25) is 0 Å². The summed E-state index contributed by atoms with van der Waals surface area (Å²) in [6.07, 6.45) is 2.29. The number of hydrogen-bond acceptors (Lipinski definition) is 4. The molecule has 0 aliphatic carbocycles. The molecule has 2 aromatic heterocycles. The van der Waals surface area contributed by atoms with Crippen LogP contribution in [-0.4, -0.2) is 16.5 Å². The molecule has 0 aliphatic heterocycles. The van der Waals surface area contributed by atoms with Crippen molar-refractivity contribution in [2.45, 2.75) is 6.42 Å². The van der Waals surface area contributed by atoms with Crippen molar-refractivity contribution < 1.29 is 8.78 Å². The molecule has 0 saturated carbocycles. The summed E-state index contributed by atoms with van der Waals surface area (Å²) in [6, 6.07) is 6.27. The molecule has 2 aromatic rings. The van der Waals surface area contributed by atoms with Crippen molar-refractivity contribution in [1.82, 2.24) is 9.97 Å². The molecule has 0 radical (unpaired) electrons. The summed E-state index contributed by atoms with van der Waals surface area (Å²) in [5, 5.41) is 2.76. The summed E-state index contributed by atoms with van der Waals surface area (Å²) in [5.74, 6) is -1.99. The Hall–Kier alpha value is -2.24. The maximum atomic E-state index is 13.3. The summed E-state index contributed by atoms with van der Waals surface area (Å²) in [7, 11) is 0. The maximum absolute atomic E-state index is 13.3. The van der Waals surface area contributed by atoms with Gasteiger partial charge in [-0.2, -0.15) is 0 Å². The second-order valence-corrected chi connectivity index (χ2v) is 3.68. The zero-order chi connectivity index (χ0) is 13.0. The van der Waals surface area contributed by atoms with E-state index in [0.717, 1.165) is 5.69 Å². The lowest BCUT2D eigenvalue weighted by atomic mass is 10.3. The van der Waals surface area contributed by atoms with Crippen LogP contribution >= 0.6 is 0 Å². The van der Waals surface area contributed by atoms with Crippen LogP contribution in [0.25, 0.3) is 0 Å². The zero-order valence-electron chi connectivity index (χ0n) is 9.53. The Kier molecular flexibility index (Phi) is 3.66. The molecular formula is C12H12F2N4. The van der Waals surface area contributed by atoms with Gasteiger partial charge in [-0.1, -0.05) is 6.07 Å². The van der Waals surface area contributed by atoms with Crippen LogP contribution in [-0.2, 0) is 6.42 Å². The molecule has 94 valence electrons. The molecule has 2 heterocycles. The topological polar surface area (TPSA) is 63.8 Å². The van der Waals surface area contributed by atoms with E-state index in [-0.39, 0.29) is 11.6 Å². The van der Waals surface area contributed by atoms with Crippen molar-refractivity contribution >= 4 is 11.6 Å². The predicted octanol–water partition coefficient (Wildman–Crippen LogP) is 1.99. The van der Waals surface area contributed by atoms with Gasteiger partial charge in [-0.25, -0.2) is 13.8 Å². The second-order valence-electron chi connectivity index (χ2n) is 3.68. The van der Waals surface area contributed by atoms with E-state index in [1.807, 2.05) is 18.2 Å². The van der Waals surface area contributed by atoms with Crippen LogP contribution in [0, 0.1) is 11.6 Å². The monoisotopic (exact) mass is 250 g/mol. The number of nitrogens with two attached hydrogens (primary N) is 1. The third kappa shape index (κ3) is 2.91. The molecule has 6 heteroatoms. The van der Waals surface area contributed by atoms with Crippen LogP contribution in [0.5, 0.6) is 0 Å². The Morgan fingerprint density at radius 2 is 2.06 bits per heavy atom. The van der Waals surface area contributed by atoms with Crippen molar-refractivity contribution in [3.8, 4) is 0 Å². The quantitative estimate of drug-likeness (QED) is 0.871. The summed E-state index contributed by atoms with van der Waals surface area (Å²) in [5.41, 5.74) is 6.14. The Bertz CT molecular complexity index is 531. The maximum Gasteiger partial charge on any atom is 0.168 e. The normalized spacial score (nSPS) is 10.3. The van der Waals surface area contributed by atoms with Gasteiger partial charge in [0.05, 0.1) is 0 Å². The van der Waals surface area contributed by atoms with Gasteiger partial charge in [-0.3, -0.25) is 4.98 Å². The van der Waals surface area contributed by atoms with E-state index in [4.69, 9.17) is 5.73 Å². The standard InChI is InChI=1S/C12H12F2N4/c13-9-7-10(14)12(18-11(9)15)17-6-4-8-3-1-2-5-16-8/h1-3,5,7H,4,6H2,(H3,15,17,18). The molecule has 18 heavy (non-hydrogen) atoms. The Labute approximate surface area is 103 Å². The third-order valence-electron chi connectivity index (χ3n) is 2.36. The molecule has 3 N–H and O–H groups in total. The number of pyridine rings is 2. The highest BCUT2D eigenvalue weighted by Gasteiger charge is 2.08. The molecule has 0 fully saturated rings. The fourth-order valence-corrected chi connectivity index (χ4v) is 1.46. The number of nitrogens with one attached hydrogen (secondary N) is 1. The van der Waals surface area contributed by atoms with Crippen LogP contribution in [0.4, 0.5) is 20.4 Å². The summed E-state index contributed by atoms with van der Waals surface area (Å²) < 4.78 is 26.2. The average molecular weight is 250 g/mol.